The Morgan fingerprint density at radius 3 is 2.29 bits per heavy atom. The molecule has 2 heterocycles. The van der Waals surface area contributed by atoms with Crippen molar-refractivity contribution in [3.05, 3.63) is 76.9 Å². The van der Waals surface area contributed by atoms with Gasteiger partial charge < -0.3 is 9.80 Å². The first kappa shape index (κ1) is 22.4. The highest BCUT2D eigenvalue weighted by Gasteiger charge is 2.32. The highest BCUT2D eigenvalue weighted by molar-refractivity contribution is 5.94. The van der Waals surface area contributed by atoms with E-state index < -0.39 is 11.7 Å². The van der Waals surface area contributed by atoms with Gasteiger partial charge in [0.15, 0.2) is 5.69 Å². The fraction of sp³-hybridized carbons (Fsp3) is 0.360. The average molecular weight is 472 g/mol. The van der Waals surface area contributed by atoms with Gasteiger partial charge in [0.2, 0.25) is 0 Å². The minimum absolute atomic E-state index is 0.164. The molecule has 0 bridgehead atoms. The number of benzene rings is 2. The molecule has 0 saturated carbocycles. The first-order valence-electron chi connectivity index (χ1n) is 11.4. The number of rotatable bonds is 3. The molecule has 3 aromatic rings. The normalized spacial score (nSPS) is 16.5. The molecule has 2 aliphatic rings. The molecule has 1 aliphatic carbocycles. The van der Waals surface area contributed by atoms with Crippen molar-refractivity contribution in [3.8, 4) is 5.69 Å². The van der Waals surface area contributed by atoms with Crippen LogP contribution in [0.3, 0.4) is 0 Å². The number of nitrogens with zero attached hydrogens (tertiary/aromatic N) is 4. The van der Waals surface area contributed by atoms with Gasteiger partial charge in [0, 0.05) is 43.1 Å². The molecule has 0 N–H and O–H groups in total. The fourth-order valence-electron chi connectivity index (χ4n) is 4.76. The summed E-state index contributed by atoms with van der Waals surface area (Å²) in [5.41, 5.74) is 2.89. The van der Waals surface area contributed by atoms with Crippen LogP contribution in [0.4, 0.5) is 23.2 Å². The van der Waals surface area contributed by atoms with Crippen molar-refractivity contribution in [2.75, 3.05) is 31.1 Å². The van der Waals surface area contributed by atoms with E-state index in [2.05, 4.69) is 5.10 Å². The summed E-state index contributed by atoms with van der Waals surface area (Å²) in [5, 5.41) is 4.65. The standard InChI is InChI=1S/C25H24F4N4O/c26-18-8-10-19(11-9-18)33-22-7-2-1-6-21(22)23(30-33)24(34)32-14-12-31(13-15-32)20-5-3-4-17(16-20)25(27,28)29/h3-5,8-11,16H,1-2,6-7,12-15H2. The Kier molecular flexibility index (Phi) is 5.79. The van der Waals surface area contributed by atoms with Gasteiger partial charge in [-0.2, -0.15) is 18.3 Å². The maximum Gasteiger partial charge on any atom is 0.416 e. The summed E-state index contributed by atoms with van der Waals surface area (Å²) in [5.74, 6) is -0.498. The zero-order chi connectivity index (χ0) is 23.9. The number of hydrogen-bond acceptors (Lipinski definition) is 3. The number of fused-ring (bicyclic) bond motifs is 1. The Bertz CT molecular complexity index is 1190. The van der Waals surface area contributed by atoms with Crippen LogP contribution in [0.25, 0.3) is 5.69 Å². The van der Waals surface area contributed by atoms with Crippen molar-refractivity contribution in [2.24, 2.45) is 0 Å². The molecule has 1 fully saturated rings. The number of anilines is 1. The van der Waals surface area contributed by atoms with E-state index in [0.717, 1.165) is 49.1 Å². The third-order valence-electron chi connectivity index (χ3n) is 6.56. The van der Waals surface area contributed by atoms with Crippen molar-refractivity contribution < 1.29 is 22.4 Å². The lowest BCUT2D eigenvalue weighted by molar-refractivity contribution is -0.137. The van der Waals surface area contributed by atoms with E-state index in [0.29, 0.717) is 43.2 Å². The number of halogens is 4. The second-order valence-corrected chi connectivity index (χ2v) is 8.70. The van der Waals surface area contributed by atoms with Crippen molar-refractivity contribution in [3.63, 3.8) is 0 Å². The van der Waals surface area contributed by atoms with Crippen LogP contribution in [0.15, 0.2) is 48.5 Å². The first-order valence-corrected chi connectivity index (χ1v) is 11.4. The predicted molar refractivity (Wildman–Crippen MR) is 120 cm³/mol. The third-order valence-corrected chi connectivity index (χ3v) is 6.56. The van der Waals surface area contributed by atoms with E-state index in [1.807, 2.05) is 4.90 Å². The summed E-state index contributed by atoms with van der Waals surface area (Å²) in [6, 6.07) is 11.3. The average Bonchev–Trinajstić information content (AvgIpc) is 3.23. The van der Waals surface area contributed by atoms with Crippen molar-refractivity contribution >= 4 is 11.6 Å². The van der Waals surface area contributed by atoms with Crippen LogP contribution in [0.2, 0.25) is 0 Å². The highest BCUT2D eigenvalue weighted by Crippen LogP contribution is 2.32. The number of hydrogen-bond donors (Lipinski definition) is 0. The zero-order valence-electron chi connectivity index (χ0n) is 18.5. The molecule has 5 nitrogen and oxygen atoms in total. The molecular weight excluding hydrogens is 448 g/mol. The summed E-state index contributed by atoms with van der Waals surface area (Å²) < 4.78 is 54.4. The molecule has 2 aromatic carbocycles. The van der Waals surface area contributed by atoms with E-state index in [1.54, 1.807) is 27.8 Å². The Labute approximate surface area is 194 Å². The second kappa shape index (κ2) is 8.77. The van der Waals surface area contributed by atoms with Crippen LogP contribution in [0.5, 0.6) is 0 Å². The summed E-state index contributed by atoms with van der Waals surface area (Å²) in [4.78, 5) is 17.0. The number of aromatic nitrogens is 2. The SMILES string of the molecule is O=C(c1nn(-c2ccc(F)cc2)c2c1CCCC2)N1CCN(c2cccc(C(F)(F)F)c2)CC1. The predicted octanol–water partition coefficient (Wildman–Crippen LogP) is 4.87. The van der Waals surface area contributed by atoms with Gasteiger partial charge in [0.1, 0.15) is 5.82 Å². The lowest BCUT2D eigenvalue weighted by Crippen LogP contribution is -2.49. The van der Waals surface area contributed by atoms with Gasteiger partial charge in [0.05, 0.1) is 11.3 Å². The topological polar surface area (TPSA) is 41.4 Å². The first-order chi connectivity index (χ1) is 16.3. The van der Waals surface area contributed by atoms with Gasteiger partial charge in [-0.3, -0.25) is 4.79 Å². The molecule has 0 radical (unpaired) electrons. The smallest absolute Gasteiger partial charge is 0.368 e. The molecule has 0 atom stereocenters. The Balaban J connectivity index is 1.35. The minimum atomic E-state index is -4.39. The molecule has 1 saturated heterocycles. The Morgan fingerprint density at radius 2 is 1.59 bits per heavy atom. The van der Waals surface area contributed by atoms with Crippen LogP contribution in [0.1, 0.15) is 40.2 Å². The van der Waals surface area contributed by atoms with Gasteiger partial charge in [0.25, 0.3) is 5.91 Å². The molecular formula is C25H24F4N4O. The van der Waals surface area contributed by atoms with Gasteiger partial charge in [-0.05, 0) is 68.1 Å². The lowest BCUT2D eigenvalue weighted by Gasteiger charge is -2.36. The zero-order valence-corrected chi connectivity index (χ0v) is 18.5. The van der Waals surface area contributed by atoms with Crippen LogP contribution in [0, 0.1) is 5.82 Å². The van der Waals surface area contributed by atoms with E-state index in [4.69, 9.17) is 0 Å². The van der Waals surface area contributed by atoms with Crippen molar-refractivity contribution in [1.29, 1.82) is 0 Å². The van der Waals surface area contributed by atoms with Gasteiger partial charge in [-0.25, -0.2) is 9.07 Å². The van der Waals surface area contributed by atoms with Gasteiger partial charge >= 0.3 is 6.18 Å². The van der Waals surface area contributed by atoms with Crippen LogP contribution >= 0.6 is 0 Å². The molecule has 0 spiro atoms. The summed E-state index contributed by atoms with van der Waals surface area (Å²) in [7, 11) is 0. The second-order valence-electron chi connectivity index (χ2n) is 8.70. The number of amides is 1. The summed E-state index contributed by atoms with van der Waals surface area (Å²) >= 11 is 0. The van der Waals surface area contributed by atoms with Crippen LogP contribution in [-0.2, 0) is 19.0 Å². The number of carbonyl (C=O) groups excluding carboxylic acids is 1. The lowest BCUT2D eigenvalue weighted by atomic mass is 9.95. The summed E-state index contributed by atoms with van der Waals surface area (Å²) in [6.07, 6.45) is -0.844. The van der Waals surface area contributed by atoms with Crippen molar-refractivity contribution in [1.82, 2.24) is 14.7 Å². The largest absolute Gasteiger partial charge is 0.416 e. The van der Waals surface area contributed by atoms with E-state index >= 15 is 0 Å². The third kappa shape index (κ3) is 4.26. The number of piperazine rings is 1. The Morgan fingerprint density at radius 1 is 0.882 bits per heavy atom. The van der Waals surface area contributed by atoms with E-state index in [1.165, 1.54) is 18.2 Å². The number of alkyl halides is 3. The molecule has 0 unspecified atom stereocenters. The molecule has 1 amide bonds. The van der Waals surface area contributed by atoms with Crippen LogP contribution in [-0.4, -0.2) is 46.8 Å². The molecule has 1 aliphatic heterocycles. The quantitative estimate of drug-likeness (QED) is 0.511. The molecule has 5 rings (SSSR count). The fourth-order valence-corrected chi connectivity index (χ4v) is 4.76. The van der Waals surface area contributed by atoms with E-state index in [-0.39, 0.29) is 11.7 Å². The monoisotopic (exact) mass is 472 g/mol. The maximum absolute atomic E-state index is 13.4. The summed E-state index contributed by atoms with van der Waals surface area (Å²) in [6.45, 7) is 1.67. The molecule has 178 valence electrons. The van der Waals surface area contributed by atoms with Crippen LogP contribution < -0.4 is 4.90 Å². The Hall–Kier alpha value is -3.36. The van der Waals surface area contributed by atoms with Gasteiger partial charge in [-0.1, -0.05) is 6.07 Å². The van der Waals surface area contributed by atoms with E-state index in [9.17, 15) is 22.4 Å². The highest BCUT2D eigenvalue weighted by atomic mass is 19.4. The minimum Gasteiger partial charge on any atom is -0.368 e. The van der Waals surface area contributed by atoms with Gasteiger partial charge in [-0.15, -0.1) is 0 Å². The van der Waals surface area contributed by atoms with Crippen molar-refractivity contribution in [2.45, 2.75) is 31.9 Å². The number of carbonyl (C=O) groups is 1. The maximum atomic E-state index is 13.4. The molecule has 1 aromatic heterocycles. The molecule has 9 heteroatoms. The molecule has 34 heavy (non-hydrogen) atoms.